The van der Waals surface area contributed by atoms with Crippen molar-refractivity contribution in [2.45, 2.75) is 11.4 Å². The highest BCUT2D eigenvalue weighted by Crippen LogP contribution is 2.36. The Labute approximate surface area is 168 Å². The zero-order valence-electron chi connectivity index (χ0n) is 15.6. The van der Waals surface area contributed by atoms with Gasteiger partial charge in [-0.05, 0) is 35.4 Å². The molecule has 3 aromatic rings. The standard InChI is InChI=1S/C22H18N2O4S/c1-29(27,28)19-10-6-5-9-16(19)15-11-12-18(20-17(15)13-23-22(20)26)24-21(25)14-7-3-2-4-8-14/h2-12H,13H2,1H3,(H,23,26)(H,24,25). The van der Waals surface area contributed by atoms with Crippen LogP contribution in [0.2, 0.25) is 0 Å². The van der Waals surface area contributed by atoms with Crippen molar-refractivity contribution in [2.75, 3.05) is 11.6 Å². The van der Waals surface area contributed by atoms with E-state index >= 15 is 0 Å². The van der Waals surface area contributed by atoms with Gasteiger partial charge >= 0.3 is 0 Å². The first-order valence-electron chi connectivity index (χ1n) is 8.96. The Morgan fingerprint density at radius 1 is 0.931 bits per heavy atom. The van der Waals surface area contributed by atoms with Crippen LogP contribution < -0.4 is 10.6 Å². The van der Waals surface area contributed by atoms with Crippen LogP contribution in [0.4, 0.5) is 5.69 Å². The predicted molar refractivity (Wildman–Crippen MR) is 111 cm³/mol. The van der Waals surface area contributed by atoms with Crippen LogP contribution in [0.5, 0.6) is 0 Å². The molecule has 0 saturated heterocycles. The third-order valence-electron chi connectivity index (χ3n) is 4.83. The lowest BCUT2D eigenvalue weighted by molar-refractivity contribution is 0.0966. The molecule has 0 aliphatic carbocycles. The fourth-order valence-electron chi connectivity index (χ4n) is 3.50. The number of carbonyl (C=O) groups is 2. The Balaban J connectivity index is 1.82. The van der Waals surface area contributed by atoms with Crippen molar-refractivity contribution in [2.24, 2.45) is 0 Å². The third-order valence-corrected chi connectivity index (χ3v) is 5.98. The second-order valence-electron chi connectivity index (χ2n) is 6.79. The van der Waals surface area contributed by atoms with Crippen LogP contribution in [0.25, 0.3) is 11.1 Å². The summed E-state index contributed by atoms with van der Waals surface area (Å²) in [7, 11) is -3.45. The zero-order chi connectivity index (χ0) is 20.6. The van der Waals surface area contributed by atoms with Crippen molar-refractivity contribution in [3.05, 3.63) is 83.4 Å². The molecule has 0 spiro atoms. The molecule has 29 heavy (non-hydrogen) atoms. The number of sulfone groups is 1. The lowest BCUT2D eigenvalue weighted by Gasteiger charge is -2.15. The summed E-state index contributed by atoms with van der Waals surface area (Å²) in [4.78, 5) is 25.2. The molecule has 0 atom stereocenters. The average Bonchev–Trinajstić information content (AvgIpc) is 3.10. The molecule has 0 aromatic heterocycles. The molecule has 4 rings (SSSR count). The van der Waals surface area contributed by atoms with Crippen LogP contribution in [-0.2, 0) is 16.4 Å². The quantitative estimate of drug-likeness (QED) is 0.696. The van der Waals surface area contributed by atoms with E-state index in [1.807, 2.05) is 6.07 Å². The Bertz CT molecular complexity index is 1230. The molecule has 2 amide bonds. The SMILES string of the molecule is CS(=O)(=O)c1ccccc1-c1ccc(NC(=O)c2ccccc2)c2c1CNC2=O. The first kappa shape index (κ1) is 18.9. The number of nitrogens with one attached hydrogen (secondary N) is 2. The molecule has 0 fully saturated rings. The number of carbonyl (C=O) groups excluding carboxylic acids is 2. The lowest BCUT2D eigenvalue weighted by atomic mass is 9.95. The molecule has 0 bridgehead atoms. The number of hydrogen-bond acceptors (Lipinski definition) is 4. The molecule has 0 unspecified atom stereocenters. The van der Waals surface area contributed by atoms with E-state index in [0.717, 1.165) is 6.26 Å². The first-order valence-corrected chi connectivity index (χ1v) is 10.9. The van der Waals surface area contributed by atoms with E-state index in [1.165, 1.54) is 0 Å². The average molecular weight is 406 g/mol. The summed E-state index contributed by atoms with van der Waals surface area (Å²) in [6.07, 6.45) is 1.16. The van der Waals surface area contributed by atoms with Gasteiger partial charge in [-0.15, -0.1) is 0 Å². The van der Waals surface area contributed by atoms with Gasteiger partial charge in [0, 0.05) is 23.9 Å². The maximum atomic E-state index is 12.5. The third kappa shape index (κ3) is 3.52. The fourth-order valence-corrected chi connectivity index (χ4v) is 4.40. The highest BCUT2D eigenvalue weighted by atomic mass is 32.2. The van der Waals surface area contributed by atoms with Crippen LogP contribution in [0.3, 0.4) is 0 Å². The molecule has 6 nitrogen and oxygen atoms in total. The van der Waals surface area contributed by atoms with Gasteiger partial charge in [-0.3, -0.25) is 9.59 Å². The van der Waals surface area contributed by atoms with E-state index in [9.17, 15) is 18.0 Å². The summed E-state index contributed by atoms with van der Waals surface area (Å²) in [5, 5.41) is 5.56. The summed E-state index contributed by atoms with van der Waals surface area (Å²) in [5.41, 5.74) is 3.07. The molecule has 3 aromatic carbocycles. The van der Waals surface area contributed by atoms with Gasteiger partial charge in [0.05, 0.1) is 16.1 Å². The topological polar surface area (TPSA) is 92.3 Å². The lowest BCUT2D eigenvalue weighted by Crippen LogP contribution is -2.17. The van der Waals surface area contributed by atoms with Crippen molar-refractivity contribution < 1.29 is 18.0 Å². The molecule has 7 heteroatoms. The van der Waals surface area contributed by atoms with E-state index in [4.69, 9.17) is 0 Å². The molecule has 0 saturated carbocycles. The minimum atomic E-state index is -3.45. The van der Waals surface area contributed by atoms with Gasteiger partial charge in [0.1, 0.15) is 0 Å². The van der Waals surface area contributed by atoms with Crippen molar-refractivity contribution in [3.8, 4) is 11.1 Å². The highest BCUT2D eigenvalue weighted by Gasteiger charge is 2.28. The molecular weight excluding hydrogens is 388 g/mol. The van der Waals surface area contributed by atoms with Crippen molar-refractivity contribution in [1.29, 1.82) is 0 Å². The summed E-state index contributed by atoms with van der Waals surface area (Å²) >= 11 is 0. The summed E-state index contributed by atoms with van der Waals surface area (Å²) < 4.78 is 24.4. The Morgan fingerprint density at radius 3 is 2.34 bits per heavy atom. The monoisotopic (exact) mass is 406 g/mol. The van der Waals surface area contributed by atoms with Gasteiger partial charge in [0.2, 0.25) is 0 Å². The Kier molecular flexibility index (Phi) is 4.68. The van der Waals surface area contributed by atoms with Crippen molar-refractivity contribution in [3.63, 3.8) is 0 Å². The molecule has 1 aliphatic rings. The van der Waals surface area contributed by atoms with Gasteiger partial charge in [0.25, 0.3) is 11.8 Å². The number of anilines is 1. The minimum Gasteiger partial charge on any atom is -0.348 e. The maximum absolute atomic E-state index is 12.5. The summed E-state index contributed by atoms with van der Waals surface area (Å²) in [6, 6.07) is 18.8. The van der Waals surface area contributed by atoms with Gasteiger partial charge < -0.3 is 10.6 Å². The largest absolute Gasteiger partial charge is 0.348 e. The van der Waals surface area contributed by atoms with E-state index in [0.29, 0.717) is 33.5 Å². The van der Waals surface area contributed by atoms with Gasteiger partial charge in [-0.1, -0.05) is 42.5 Å². The number of benzene rings is 3. The highest BCUT2D eigenvalue weighted by molar-refractivity contribution is 7.90. The van der Waals surface area contributed by atoms with E-state index in [1.54, 1.807) is 60.7 Å². The second kappa shape index (κ2) is 7.18. The van der Waals surface area contributed by atoms with Crippen molar-refractivity contribution >= 4 is 27.3 Å². The van der Waals surface area contributed by atoms with Gasteiger partial charge in [-0.25, -0.2) is 8.42 Å². The predicted octanol–water partition coefficient (Wildman–Crippen LogP) is 3.25. The molecule has 1 heterocycles. The molecule has 1 aliphatic heterocycles. The normalized spacial score (nSPS) is 12.9. The number of hydrogen-bond donors (Lipinski definition) is 2. The van der Waals surface area contributed by atoms with Gasteiger partial charge in [-0.2, -0.15) is 0 Å². The molecule has 146 valence electrons. The Morgan fingerprint density at radius 2 is 1.62 bits per heavy atom. The molecular formula is C22H18N2O4S. The second-order valence-corrected chi connectivity index (χ2v) is 8.77. The van der Waals surface area contributed by atoms with E-state index in [2.05, 4.69) is 10.6 Å². The maximum Gasteiger partial charge on any atom is 0.255 e. The van der Waals surface area contributed by atoms with E-state index in [-0.39, 0.29) is 23.3 Å². The molecule has 0 radical (unpaired) electrons. The van der Waals surface area contributed by atoms with Crippen molar-refractivity contribution in [1.82, 2.24) is 5.32 Å². The smallest absolute Gasteiger partial charge is 0.255 e. The number of fused-ring (bicyclic) bond motifs is 1. The Hall–Kier alpha value is -3.45. The summed E-state index contributed by atoms with van der Waals surface area (Å²) in [5.74, 6) is -0.626. The van der Waals surface area contributed by atoms with Crippen LogP contribution >= 0.6 is 0 Å². The summed E-state index contributed by atoms with van der Waals surface area (Å²) in [6.45, 7) is 0.261. The first-order chi connectivity index (χ1) is 13.9. The van der Waals surface area contributed by atoms with Gasteiger partial charge in [0.15, 0.2) is 9.84 Å². The van der Waals surface area contributed by atoms with E-state index < -0.39 is 9.84 Å². The number of rotatable bonds is 4. The van der Waals surface area contributed by atoms with Crippen LogP contribution in [0.15, 0.2) is 71.6 Å². The van der Waals surface area contributed by atoms with Crippen LogP contribution in [0, 0.1) is 0 Å². The zero-order valence-corrected chi connectivity index (χ0v) is 16.4. The molecule has 2 N–H and O–H groups in total. The minimum absolute atomic E-state index is 0.197. The van der Waals surface area contributed by atoms with Crippen LogP contribution in [-0.4, -0.2) is 26.5 Å². The fraction of sp³-hybridized carbons (Fsp3) is 0.0909. The number of amides is 2. The van der Waals surface area contributed by atoms with Crippen LogP contribution in [0.1, 0.15) is 26.3 Å².